The monoisotopic (exact) mass is 471 g/mol. The predicted octanol–water partition coefficient (Wildman–Crippen LogP) is 6.57. The van der Waals surface area contributed by atoms with E-state index in [0.717, 1.165) is 11.6 Å². The molecule has 0 aromatic heterocycles. The van der Waals surface area contributed by atoms with Crippen molar-refractivity contribution in [1.82, 2.24) is 0 Å². The van der Waals surface area contributed by atoms with Crippen LogP contribution in [-0.2, 0) is 16.2 Å². The number of nitrogens with one attached hydrogen (secondary N) is 1. The number of halogens is 3. The van der Waals surface area contributed by atoms with E-state index in [9.17, 15) is 31.5 Å². The van der Waals surface area contributed by atoms with Crippen molar-refractivity contribution in [2.24, 2.45) is 0 Å². The number of carbonyl (C=O) groups is 1. The van der Waals surface area contributed by atoms with E-state index in [-0.39, 0.29) is 22.6 Å². The molecule has 176 valence electrons. The summed E-state index contributed by atoms with van der Waals surface area (Å²) in [6.07, 6.45) is -4.84. The van der Waals surface area contributed by atoms with Crippen LogP contribution in [-0.4, -0.2) is 19.5 Å². The van der Waals surface area contributed by atoms with Crippen molar-refractivity contribution < 1.29 is 31.5 Å². The van der Waals surface area contributed by atoms with E-state index in [1.54, 1.807) is 0 Å². The standard InChI is InChI=1S/C23H28F3NO4S/c1-12(2)15-9-19(13(3)4)21(20(10-15)14(5)6)32(30,31)27-18-8-16(22(28)29)7-17(11-18)23(24,25)26/h7-14,27H,1-6H3,(H,28,29). The zero-order valence-corrected chi connectivity index (χ0v) is 19.6. The zero-order chi connectivity index (χ0) is 24.6. The summed E-state index contributed by atoms with van der Waals surface area (Å²) in [5.41, 5.74) is -0.312. The van der Waals surface area contributed by atoms with Crippen molar-refractivity contribution in [3.05, 3.63) is 58.1 Å². The molecule has 0 saturated carbocycles. The van der Waals surface area contributed by atoms with Gasteiger partial charge in [-0.25, -0.2) is 13.2 Å². The van der Waals surface area contributed by atoms with E-state index in [4.69, 9.17) is 0 Å². The number of anilines is 1. The van der Waals surface area contributed by atoms with E-state index in [1.807, 2.05) is 53.7 Å². The van der Waals surface area contributed by atoms with E-state index in [2.05, 4.69) is 4.72 Å². The normalized spacial score (nSPS) is 12.6. The number of benzene rings is 2. The summed E-state index contributed by atoms with van der Waals surface area (Å²) >= 11 is 0. The van der Waals surface area contributed by atoms with Crippen LogP contribution in [0, 0.1) is 0 Å². The van der Waals surface area contributed by atoms with Crippen LogP contribution < -0.4 is 4.72 Å². The molecule has 0 aliphatic rings. The molecule has 5 nitrogen and oxygen atoms in total. The molecule has 0 aliphatic carbocycles. The second kappa shape index (κ2) is 9.13. The van der Waals surface area contributed by atoms with Gasteiger partial charge >= 0.3 is 12.1 Å². The summed E-state index contributed by atoms with van der Waals surface area (Å²) in [7, 11) is -4.32. The van der Waals surface area contributed by atoms with Crippen molar-refractivity contribution in [1.29, 1.82) is 0 Å². The molecule has 32 heavy (non-hydrogen) atoms. The van der Waals surface area contributed by atoms with Crippen LogP contribution in [0.25, 0.3) is 0 Å². The Labute approximate surface area is 186 Å². The average Bonchev–Trinajstić information content (AvgIpc) is 2.65. The van der Waals surface area contributed by atoms with Gasteiger partial charge in [0, 0.05) is 0 Å². The van der Waals surface area contributed by atoms with Gasteiger partial charge in [0.25, 0.3) is 10.0 Å². The highest BCUT2D eigenvalue weighted by atomic mass is 32.2. The lowest BCUT2D eigenvalue weighted by molar-refractivity contribution is -0.137. The molecule has 0 spiro atoms. The van der Waals surface area contributed by atoms with Crippen LogP contribution in [0.2, 0.25) is 0 Å². The van der Waals surface area contributed by atoms with Gasteiger partial charge in [-0.15, -0.1) is 0 Å². The minimum absolute atomic E-state index is 0.0150. The lowest BCUT2D eigenvalue weighted by atomic mass is 9.89. The van der Waals surface area contributed by atoms with Crippen LogP contribution in [0.1, 0.15) is 91.9 Å². The maximum atomic E-state index is 13.4. The molecule has 2 N–H and O–H groups in total. The first-order valence-electron chi connectivity index (χ1n) is 10.2. The van der Waals surface area contributed by atoms with Crippen molar-refractivity contribution >= 4 is 21.7 Å². The maximum Gasteiger partial charge on any atom is 0.416 e. The Kier molecular flexibility index (Phi) is 7.34. The van der Waals surface area contributed by atoms with Crippen molar-refractivity contribution in [2.45, 2.75) is 70.4 Å². The molecule has 0 fully saturated rings. The lowest BCUT2D eigenvalue weighted by Gasteiger charge is -2.23. The highest BCUT2D eigenvalue weighted by Gasteiger charge is 2.33. The first-order chi connectivity index (χ1) is 14.5. The number of hydrogen-bond donors (Lipinski definition) is 2. The minimum Gasteiger partial charge on any atom is -0.478 e. The summed E-state index contributed by atoms with van der Waals surface area (Å²) in [6, 6.07) is 5.56. The lowest BCUT2D eigenvalue weighted by Crippen LogP contribution is -2.20. The SMILES string of the molecule is CC(C)c1cc(C(C)C)c(S(=O)(=O)Nc2cc(C(=O)O)cc(C(F)(F)F)c2)c(C(C)C)c1. The highest BCUT2D eigenvalue weighted by Crippen LogP contribution is 2.37. The van der Waals surface area contributed by atoms with Crippen molar-refractivity contribution in [3.8, 4) is 0 Å². The number of carboxylic acids is 1. The van der Waals surface area contributed by atoms with Gasteiger partial charge in [0.2, 0.25) is 0 Å². The molecule has 9 heteroatoms. The van der Waals surface area contributed by atoms with Crippen molar-refractivity contribution in [2.75, 3.05) is 4.72 Å². The van der Waals surface area contributed by atoms with Gasteiger partial charge in [0.1, 0.15) is 0 Å². The largest absolute Gasteiger partial charge is 0.478 e. The Morgan fingerprint density at radius 3 is 1.75 bits per heavy atom. The van der Waals surface area contributed by atoms with Crippen LogP contribution in [0.4, 0.5) is 18.9 Å². The Morgan fingerprint density at radius 1 is 0.875 bits per heavy atom. The number of carboxylic acid groups (broad SMARTS) is 1. The third-order valence-electron chi connectivity index (χ3n) is 5.11. The second-order valence-electron chi connectivity index (χ2n) is 8.70. The molecule has 0 bridgehead atoms. The molecule has 0 aliphatic heterocycles. The Morgan fingerprint density at radius 2 is 1.38 bits per heavy atom. The summed E-state index contributed by atoms with van der Waals surface area (Å²) in [4.78, 5) is 11.3. The predicted molar refractivity (Wildman–Crippen MR) is 118 cm³/mol. The molecular formula is C23H28F3NO4S. The summed E-state index contributed by atoms with van der Waals surface area (Å²) < 4.78 is 68.8. The smallest absolute Gasteiger partial charge is 0.416 e. The molecule has 0 unspecified atom stereocenters. The van der Waals surface area contributed by atoms with E-state index >= 15 is 0 Å². The average molecular weight is 472 g/mol. The minimum atomic E-state index is -4.84. The highest BCUT2D eigenvalue weighted by molar-refractivity contribution is 7.92. The molecule has 0 radical (unpaired) electrons. The molecule has 0 heterocycles. The Bertz CT molecular complexity index is 1090. The van der Waals surface area contributed by atoms with Crippen LogP contribution in [0.5, 0.6) is 0 Å². The Balaban J connectivity index is 2.74. The molecule has 0 saturated heterocycles. The van der Waals surface area contributed by atoms with E-state index in [1.165, 1.54) is 0 Å². The van der Waals surface area contributed by atoms with Gasteiger partial charge < -0.3 is 5.11 Å². The topological polar surface area (TPSA) is 83.5 Å². The zero-order valence-electron chi connectivity index (χ0n) is 18.8. The number of rotatable bonds is 7. The third-order valence-corrected chi connectivity index (χ3v) is 6.62. The number of aromatic carboxylic acids is 1. The quantitative estimate of drug-likeness (QED) is 0.478. The van der Waals surface area contributed by atoms with Gasteiger partial charge in [0.05, 0.1) is 21.7 Å². The van der Waals surface area contributed by atoms with Gasteiger partial charge in [-0.3, -0.25) is 4.72 Å². The molecular weight excluding hydrogens is 443 g/mol. The van der Waals surface area contributed by atoms with Gasteiger partial charge in [-0.05, 0) is 52.6 Å². The fraction of sp³-hybridized carbons (Fsp3) is 0.435. The summed E-state index contributed by atoms with van der Waals surface area (Å²) in [6.45, 7) is 11.4. The molecule has 2 aromatic carbocycles. The molecule has 0 amide bonds. The van der Waals surface area contributed by atoms with E-state index < -0.39 is 39.0 Å². The van der Waals surface area contributed by atoms with Gasteiger partial charge in [0.15, 0.2) is 0 Å². The summed E-state index contributed by atoms with van der Waals surface area (Å²) in [5, 5.41) is 9.19. The van der Waals surface area contributed by atoms with E-state index in [0.29, 0.717) is 23.3 Å². The molecule has 2 rings (SSSR count). The number of hydrogen-bond acceptors (Lipinski definition) is 3. The number of sulfonamides is 1. The maximum absolute atomic E-state index is 13.4. The van der Waals surface area contributed by atoms with Gasteiger partial charge in [-0.1, -0.05) is 53.7 Å². The van der Waals surface area contributed by atoms with Crippen LogP contribution in [0.15, 0.2) is 35.2 Å². The fourth-order valence-electron chi connectivity index (χ4n) is 3.38. The Hall–Kier alpha value is -2.55. The second-order valence-corrected chi connectivity index (χ2v) is 10.3. The third kappa shape index (κ3) is 5.62. The molecule has 0 atom stereocenters. The first-order valence-corrected chi connectivity index (χ1v) is 11.7. The van der Waals surface area contributed by atoms with Gasteiger partial charge in [-0.2, -0.15) is 13.2 Å². The number of alkyl halides is 3. The fourth-order valence-corrected chi connectivity index (χ4v) is 5.12. The molecule has 2 aromatic rings. The van der Waals surface area contributed by atoms with Crippen molar-refractivity contribution in [3.63, 3.8) is 0 Å². The summed E-state index contributed by atoms with van der Waals surface area (Å²) in [5.74, 6) is -1.79. The van der Waals surface area contributed by atoms with Crippen LogP contribution >= 0.6 is 0 Å². The first kappa shape index (κ1) is 25.7. The van der Waals surface area contributed by atoms with Crippen LogP contribution in [0.3, 0.4) is 0 Å².